The van der Waals surface area contributed by atoms with Gasteiger partial charge in [-0.15, -0.1) is 11.3 Å². The van der Waals surface area contributed by atoms with Crippen LogP contribution in [0.5, 0.6) is 0 Å². The zero-order valence-electron chi connectivity index (χ0n) is 11.6. The summed E-state index contributed by atoms with van der Waals surface area (Å²) in [5.41, 5.74) is 5.93. The number of thiazole rings is 1. The molecule has 4 N–H and O–H groups in total. The van der Waals surface area contributed by atoms with Crippen molar-refractivity contribution in [2.75, 3.05) is 5.32 Å². The lowest BCUT2D eigenvalue weighted by Crippen LogP contribution is -2.21. The normalized spacial score (nSPS) is 14.1. The van der Waals surface area contributed by atoms with Gasteiger partial charge in [0.15, 0.2) is 5.13 Å². The number of rotatable bonds is 9. The predicted octanol–water partition coefficient (Wildman–Crippen LogP) is 3.00. The molecule has 0 aliphatic carbocycles. The molecule has 1 rings (SSSR count). The maximum Gasteiger partial charge on any atom is 0.326 e. The lowest BCUT2D eigenvalue weighted by Gasteiger charge is -2.12. The highest BCUT2D eigenvalue weighted by atomic mass is 32.1. The van der Waals surface area contributed by atoms with Gasteiger partial charge in [0.25, 0.3) is 0 Å². The molecule has 1 heterocycles. The van der Waals surface area contributed by atoms with Gasteiger partial charge in [-0.1, -0.05) is 32.6 Å². The smallest absolute Gasteiger partial charge is 0.326 e. The van der Waals surface area contributed by atoms with Crippen LogP contribution in [0.3, 0.4) is 0 Å². The zero-order valence-corrected chi connectivity index (χ0v) is 12.4. The standard InChI is InChI=1S/C13H23N3O2S/c1-3-4-5-6-7-9(2)15-13-16-10(8-19-13)11(14)12(17)18/h8-9,11H,3-7,14H2,1-2H3,(H,15,16)(H,17,18). The molecule has 5 nitrogen and oxygen atoms in total. The van der Waals surface area contributed by atoms with E-state index < -0.39 is 12.0 Å². The number of carbonyl (C=O) groups is 1. The fourth-order valence-electron chi connectivity index (χ4n) is 1.78. The van der Waals surface area contributed by atoms with Gasteiger partial charge in [0.05, 0.1) is 5.69 Å². The number of nitrogens with zero attached hydrogens (tertiary/aromatic N) is 1. The fraction of sp³-hybridized carbons (Fsp3) is 0.692. The van der Waals surface area contributed by atoms with Crippen LogP contribution in [-0.4, -0.2) is 22.1 Å². The highest BCUT2D eigenvalue weighted by Crippen LogP contribution is 2.21. The number of nitrogens with one attached hydrogen (secondary N) is 1. The average molecular weight is 285 g/mol. The van der Waals surface area contributed by atoms with E-state index in [1.54, 1.807) is 5.38 Å². The van der Waals surface area contributed by atoms with Gasteiger partial charge in [-0.2, -0.15) is 0 Å². The minimum Gasteiger partial charge on any atom is -0.480 e. The van der Waals surface area contributed by atoms with E-state index in [0.717, 1.165) is 11.6 Å². The van der Waals surface area contributed by atoms with E-state index in [9.17, 15) is 4.79 Å². The quantitative estimate of drug-likeness (QED) is 0.607. The summed E-state index contributed by atoms with van der Waals surface area (Å²) < 4.78 is 0. The second kappa shape index (κ2) is 8.12. The molecule has 1 aromatic heterocycles. The molecule has 2 atom stereocenters. The second-order valence-corrected chi connectivity index (χ2v) is 5.65. The number of aliphatic carboxylic acids is 1. The van der Waals surface area contributed by atoms with Crippen molar-refractivity contribution in [1.82, 2.24) is 4.98 Å². The lowest BCUT2D eigenvalue weighted by atomic mass is 10.1. The van der Waals surface area contributed by atoms with Crippen LogP contribution in [0.4, 0.5) is 5.13 Å². The van der Waals surface area contributed by atoms with Gasteiger partial charge in [0.1, 0.15) is 6.04 Å². The molecule has 0 aromatic carbocycles. The molecule has 0 radical (unpaired) electrons. The molecule has 0 fully saturated rings. The molecule has 0 saturated carbocycles. The summed E-state index contributed by atoms with van der Waals surface area (Å²) in [5, 5.41) is 14.5. The zero-order chi connectivity index (χ0) is 14.3. The molecule has 2 unspecified atom stereocenters. The van der Waals surface area contributed by atoms with Gasteiger partial charge >= 0.3 is 5.97 Å². The van der Waals surface area contributed by atoms with Gasteiger partial charge in [0, 0.05) is 11.4 Å². The van der Waals surface area contributed by atoms with Crippen molar-refractivity contribution in [2.24, 2.45) is 5.73 Å². The maximum absolute atomic E-state index is 10.8. The Hall–Kier alpha value is -1.14. The third-order valence-corrected chi connectivity index (χ3v) is 3.76. The number of aromatic nitrogens is 1. The van der Waals surface area contributed by atoms with Crippen molar-refractivity contribution in [1.29, 1.82) is 0 Å². The Morgan fingerprint density at radius 3 is 2.89 bits per heavy atom. The molecular formula is C13H23N3O2S. The summed E-state index contributed by atoms with van der Waals surface area (Å²) >= 11 is 1.40. The summed E-state index contributed by atoms with van der Waals surface area (Å²) in [7, 11) is 0. The van der Waals surface area contributed by atoms with Crippen molar-refractivity contribution >= 4 is 22.4 Å². The Kier molecular flexibility index (Phi) is 6.80. The molecule has 6 heteroatoms. The van der Waals surface area contributed by atoms with Gasteiger partial charge in [-0.05, 0) is 13.3 Å². The molecule has 0 aliphatic heterocycles. The van der Waals surface area contributed by atoms with Crippen molar-refractivity contribution in [3.05, 3.63) is 11.1 Å². The fourth-order valence-corrected chi connectivity index (χ4v) is 2.64. The summed E-state index contributed by atoms with van der Waals surface area (Å²) in [5.74, 6) is -1.05. The van der Waals surface area contributed by atoms with E-state index in [4.69, 9.17) is 10.8 Å². The Labute approximate surface area is 118 Å². The minimum atomic E-state index is -1.05. The third-order valence-electron chi connectivity index (χ3n) is 2.97. The van der Waals surface area contributed by atoms with Crippen molar-refractivity contribution in [2.45, 2.75) is 58.0 Å². The first-order chi connectivity index (χ1) is 9.04. The number of carboxylic acid groups (broad SMARTS) is 1. The molecule has 0 amide bonds. The van der Waals surface area contributed by atoms with Crippen molar-refractivity contribution < 1.29 is 9.90 Å². The van der Waals surface area contributed by atoms with Gasteiger partial charge < -0.3 is 16.2 Å². The Balaban J connectivity index is 2.38. The van der Waals surface area contributed by atoms with Crippen LogP contribution in [-0.2, 0) is 4.79 Å². The van der Waals surface area contributed by atoms with Crippen LogP contribution in [0.25, 0.3) is 0 Å². The topological polar surface area (TPSA) is 88.2 Å². The van der Waals surface area contributed by atoms with Crippen LogP contribution < -0.4 is 11.1 Å². The molecule has 0 bridgehead atoms. The number of nitrogens with two attached hydrogens (primary N) is 1. The summed E-state index contributed by atoms with van der Waals surface area (Å²) in [6.07, 6.45) is 6.08. The number of hydrogen-bond acceptors (Lipinski definition) is 5. The first-order valence-corrected chi connectivity index (χ1v) is 7.63. The Bertz CT molecular complexity index is 395. The van der Waals surface area contributed by atoms with E-state index in [2.05, 4.69) is 24.1 Å². The number of unbranched alkanes of at least 4 members (excludes halogenated alkanes) is 3. The Morgan fingerprint density at radius 1 is 1.53 bits per heavy atom. The molecular weight excluding hydrogens is 262 g/mol. The number of hydrogen-bond donors (Lipinski definition) is 3. The maximum atomic E-state index is 10.8. The van der Waals surface area contributed by atoms with E-state index in [1.807, 2.05) is 0 Å². The molecule has 0 spiro atoms. The lowest BCUT2D eigenvalue weighted by molar-refractivity contribution is -0.138. The highest BCUT2D eigenvalue weighted by molar-refractivity contribution is 7.13. The van der Waals surface area contributed by atoms with Crippen LogP contribution in [0, 0.1) is 0 Å². The SMILES string of the molecule is CCCCCCC(C)Nc1nc(C(N)C(=O)O)cs1. The third kappa shape index (κ3) is 5.57. The first-order valence-electron chi connectivity index (χ1n) is 6.75. The Morgan fingerprint density at radius 2 is 2.26 bits per heavy atom. The van der Waals surface area contributed by atoms with E-state index in [-0.39, 0.29) is 0 Å². The van der Waals surface area contributed by atoms with E-state index in [0.29, 0.717) is 11.7 Å². The first kappa shape index (κ1) is 15.9. The molecule has 0 aliphatic rings. The van der Waals surface area contributed by atoms with Gasteiger partial charge in [0.2, 0.25) is 0 Å². The van der Waals surface area contributed by atoms with Gasteiger partial charge in [-0.25, -0.2) is 4.98 Å². The van der Waals surface area contributed by atoms with Crippen molar-refractivity contribution in [3.63, 3.8) is 0 Å². The summed E-state index contributed by atoms with van der Waals surface area (Å²) in [6.45, 7) is 4.31. The van der Waals surface area contributed by atoms with E-state index >= 15 is 0 Å². The molecule has 0 saturated heterocycles. The monoisotopic (exact) mass is 285 g/mol. The molecule has 19 heavy (non-hydrogen) atoms. The van der Waals surface area contributed by atoms with Crippen LogP contribution >= 0.6 is 11.3 Å². The van der Waals surface area contributed by atoms with Crippen LogP contribution in [0.2, 0.25) is 0 Å². The van der Waals surface area contributed by atoms with Crippen LogP contribution in [0.15, 0.2) is 5.38 Å². The molecule has 108 valence electrons. The van der Waals surface area contributed by atoms with Crippen molar-refractivity contribution in [3.8, 4) is 0 Å². The molecule has 1 aromatic rings. The number of anilines is 1. The van der Waals surface area contributed by atoms with Gasteiger partial charge in [-0.3, -0.25) is 4.79 Å². The number of carboxylic acids is 1. The van der Waals surface area contributed by atoms with E-state index in [1.165, 1.54) is 37.0 Å². The largest absolute Gasteiger partial charge is 0.480 e. The average Bonchev–Trinajstić information content (AvgIpc) is 2.82. The van der Waals surface area contributed by atoms with Crippen LogP contribution in [0.1, 0.15) is 57.7 Å². The summed E-state index contributed by atoms with van der Waals surface area (Å²) in [6, 6.07) is -0.691. The summed E-state index contributed by atoms with van der Waals surface area (Å²) in [4.78, 5) is 15.0. The second-order valence-electron chi connectivity index (χ2n) is 4.79. The minimum absolute atomic E-state index is 0.344. The predicted molar refractivity (Wildman–Crippen MR) is 78.5 cm³/mol. The highest BCUT2D eigenvalue weighted by Gasteiger charge is 2.18.